The van der Waals surface area contributed by atoms with Crippen LogP contribution in [0.15, 0.2) is 16.9 Å². The van der Waals surface area contributed by atoms with Gasteiger partial charge in [0, 0.05) is 0 Å². The number of aliphatic hydroxyl groups excluding tert-OH is 1. The van der Waals surface area contributed by atoms with E-state index < -0.39 is 5.82 Å². The van der Waals surface area contributed by atoms with Crippen LogP contribution in [0.25, 0.3) is 0 Å². The Morgan fingerprint density at radius 2 is 2.38 bits per heavy atom. The molecule has 8 heavy (non-hydrogen) atoms. The van der Waals surface area contributed by atoms with E-state index >= 15 is 0 Å². The van der Waals surface area contributed by atoms with Gasteiger partial charge in [0.15, 0.2) is 5.82 Å². The molecule has 0 amide bonds. The van der Waals surface area contributed by atoms with Crippen molar-refractivity contribution in [2.75, 3.05) is 0 Å². The van der Waals surface area contributed by atoms with Crippen LogP contribution in [0.2, 0.25) is 0 Å². The molecule has 1 N–H and O–H groups in total. The van der Waals surface area contributed by atoms with Crippen molar-refractivity contribution in [3.63, 3.8) is 0 Å². The second kappa shape index (κ2) is 1.96. The van der Waals surface area contributed by atoms with Gasteiger partial charge >= 0.3 is 0 Å². The lowest BCUT2D eigenvalue weighted by Crippen LogP contribution is -1.80. The Morgan fingerprint density at radius 3 is 2.62 bits per heavy atom. The van der Waals surface area contributed by atoms with Crippen LogP contribution in [0.4, 0.5) is 4.39 Å². The SMILES string of the molecule is OCc1cocc1F. The summed E-state index contributed by atoms with van der Waals surface area (Å²) in [5, 5.41) is 8.31. The Balaban J connectivity index is 2.92. The third-order valence-corrected chi connectivity index (χ3v) is 0.859. The molecule has 0 aliphatic rings. The minimum absolute atomic E-state index is 0.199. The van der Waals surface area contributed by atoms with Crippen molar-refractivity contribution in [1.82, 2.24) is 0 Å². The number of hydrogen-bond acceptors (Lipinski definition) is 2. The van der Waals surface area contributed by atoms with Crippen LogP contribution in [-0.2, 0) is 6.61 Å². The summed E-state index contributed by atoms with van der Waals surface area (Å²) >= 11 is 0. The molecule has 0 saturated carbocycles. The molecule has 1 heterocycles. The zero-order valence-electron chi connectivity index (χ0n) is 4.10. The van der Waals surface area contributed by atoms with Gasteiger partial charge in [0.25, 0.3) is 0 Å². The molecule has 1 aromatic rings. The quantitative estimate of drug-likeness (QED) is 0.591. The van der Waals surface area contributed by atoms with Gasteiger partial charge in [0.05, 0.1) is 18.4 Å². The van der Waals surface area contributed by atoms with Crippen molar-refractivity contribution in [3.8, 4) is 0 Å². The normalized spacial score (nSPS) is 9.75. The molecule has 0 radical (unpaired) electrons. The fourth-order valence-corrected chi connectivity index (χ4v) is 0.421. The molecule has 1 rings (SSSR count). The molecule has 1 aromatic heterocycles. The third kappa shape index (κ3) is 0.721. The first-order valence-electron chi connectivity index (χ1n) is 2.16. The Morgan fingerprint density at radius 1 is 1.62 bits per heavy atom. The van der Waals surface area contributed by atoms with E-state index in [9.17, 15) is 4.39 Å². The first-order chi connectivity index (χ1) is 3.84. The Kier molecular flexibility index (Phi) is 1.30. The van der Waals surface area contributed by atoms with Gasteiger partial charge in [-0.25, -0.2) is 4.39 Å². The minimum Gasteiger partial charge on any atom is -0.469 e. The maximum atomic E-state index is 12.1. The number of aliphatic hydroxyl groups is 1. The van der Waals surface area contributed by atoms with Crippen LogP contribution >= 0.6 is 0 Å². The lowest BCUT2D eigenvalue weighted by atomic mass is 10.4. The van der Waals surface area contributed by atoms with Crippen molar-refractivity contribution in [3.05, 3.63) is 23.9 Å². The van der Waals surface area contributed by atoms with Crippen molar-refractivity contribution in [2.45, 2.75) is 6.61 Å². The van der Waals surface area contributed by atoms with Crippen LogP contribution in [0.1, 0.15) is 5.56 Å². The van der Waals surface area contributed by atoms with E-state index in [2.05, 4.69) is 4.42 Å². The van der Waals surface area contributed by atoms with Crippen LogP contribution in [0.3, 0.4) is 0 Å². The van der Waals surface area contributed by atoms with Gasteiger partial charge in [0.1, 0.15) is 6.26 Å². The molecule has 2 nitrogen and oxygen atoms in total. The van der Waals surface area contributed by atoms with E-state index in [1.54, 1.807) is 0 Å². The van der Waals surface area contributed by atoms with Crippen molar-refractivity contribution >= 4 is 0 Å². The lowest BCUT2D eigenvalue weighted by molar-refractivity contribution is 0.275. The van der Waals surface area contributed by atoms with Crippen LogP contribution in [0.5, 0.6) is 0 Å². The van der Waals surface area contributed by atoms with Crippen LogP contribution in [0, 0.1) is 5.82 Å². The van der Waals surface area contributed by atoms with Crippen molar-refractivity contribution in [1.29, 1.82) is 0 Å². The molecular formula is C5H5FO2. The molecular weight excluding hydrogens is 111 g/mol. The first kappa shape index (κ1) is 5.31. The zero-order valence-corrected chi connectivity index (χ0v) is 4.10. The summed E-state index contributed by atoms with van der Waals surface area (Å²) in [6, 6.07) is 0. The van der Waals surface area contributed by atoms with Crippen molar-refractivity contribution in [2.24, 2.45) is 0 Å². The summed E-state index contributed by atoms with van der Waals surface area (Å²) < 4.78 is 16.5. The fourth-order valence-electron chi connectivity index (χ4n) is 0.421. The molecule has 0 bridgehead atoms. The van der Waals surface area contributed by atoms with E-state index in [0.29, 0.717) is 0 Å². The average molecular weight is 116 g/mol. The lowest BCUT2D eigenvalue weighted by Gasteiger charge is -1.81. The van der Waals surface area contributed by atoms with E-state index in [-0.39, 0.29) is 12.2 Å². The van der Waals surface area contributed by atoms with E-state index in [0.717, 1.165) is 6.26 Å². The molecule has 44 valence electrons. The highest BCUT2D eigenvalue weighted by molar-refractivity contribution is 5.06. The number of halogens is 1. The zero-order chi connectivity index (χ0) is 5.98. The molecule has 0 aliphatic heterocycles. The Bertz CT molecular complexity index is 171. The topological polar surface area (TPSA) is 33.4 Å². The average Bonchev–Trinajstić information content (AvgIpc) is 2.14. The maximum absolute atomic E-state index is 12.1. The van der Waals surface area contributed by atoms with Crippen molar-refractivity contribution < 1.29 is 13.9 Å². The predicted octanol–water partition coefficient (Wildman–Crippen LogP) is 0.911. The first-order valence-corrected chi connectivity index (χ1v) is 2.16. The van der Waals surface area contributed by atoms with Gasteiger partial charge in [-0.1, -0.05) is 0 Å². The number of hydrogen-bond donors (Lipinski definition) is 1. The van der Waals surface area contributed by atoms with Gasteiger partial charge in [-0.05, 0) is 0 Å². The Hall–Kier alpha value is -0.830. The molecule has 0 aromatic carbocycles. The maximum Gasteiger partial charge on any atom is 0.166 e. The standard InChI is InChI=1S/C5H5FO2/c6-5-3-8-2-4(5)1-7/h2-3,7H,1H2. The minimum atomic E-state index is -0.493. The molecule has 0 aliphatic carbocycles. The van der Waals surface area contributed by atoms with Gasteiger partial charge in [0.2, 0.25) is 0 Å². The largest absolute Gasteiger partial charge is 0.469 e. The summed E-state index contributed by atoms with van der Waals surface area (Å²) in [5.41, 5.74) is 0.199. The molecule has 0 fully saturated rings. The van der Waals surface area contributed by atoms with Gasteiger partial charge in [-0.3, -0.25) is 0 Å². The summed E-state index contributed by atoms with van der Waals surface area (Å²) in [6.07, 6.45) is 2.13. The highest BCUT2D eigenvalue weighted by Gasteiger charge is 1.99. The number of rotatable bonds is 1. The second-order valence-corrected chi connectivity index (χ2v) is 1.40. The fraction of sp³-hybridized carbons (Fsp3) is 0.200. The number of furan rings is 1. The Labute approximate surface area is 45.6 Å². The summed E-state index contributed by atoms with van der Waals surface area (Å²) in [7, 11) is 0. The van der Waals surface area contributed by atoms with E-state index in [4.69, 9.17) is 5.11 Å². The molecule has 0 atom stereocenters. The highest BCUT2D eigenvalue weighted by atomic mass is 19.1. The summed E-state index contributed by atoms with van der Waals surface area (Å²) in [6.45, 7) is -0.303. The van der Waals surface area contributed by atoms with E-state index in [1.165, 1.54) is 6.26 Å². The molecule has 3 heteroatoms. The smallest absolute Gasteiger partial charge is 0.166 e. The second-order valence-electron chi connectivity index (χ2n) is 1.40. The monoisotopic (exact) mass is 116 g/mol. The molecule has 0 unspecified atom stereocenters. The van der Waals surface area contributed by atoms with Gasteiger partial charge < -0.3 is 9.52 Å². The molecule has 0 spiro atoms. The predicted molar refractivity (Wildman–Crippen MR) is 24.6 cm³/mol. The van der Waals surface area contributed by atoms with Gasteiger partial charge in [-0.2, -0.15) is 0 Å². The van der Waals surface area contributed by atoms with Crippen LogP contribution in [-0.4, -0.2) is 5.11 Å². The van der Waals surface area contributed by atoms with Crippen LogP contribution < -0.4 is 0 Å². The summed E-state index contributed by atoms with van der Waals surface area (Å²) in [5.74, 6) is -0.493. The van der Waals surface area contributed by atoms with E-state index in [1.807, 2.05) is 0 Å². The summed E-state index contributed by atoms with van der Waals surface area (Å²) in [4.78, 5) is 0. The van der Waals surface area contributed by atoms with Gasteiger partial charge in [-0.15, -0.1) is 0 Å². The molecule has 0 saturated heterocycles. The highest BCUT2D eigenvalue weighted by Crippen LogP contribution is 2.06. The third-order valence-electron chi connectivity index (χ3n) is 0.859.